The molecule has 1 radical (unpaired) electrons. The van der Waals surface area contributed by atoms with Gasteiger partial charge in [-0.2, -0.15) is 0 Å². The molecule has 0 aromatic heterocycles. The fraction of sp³-hybridized carbons (Fsp3) is 1.00. The molecule has 4 heteroatoms. The van der Waals surface area contributed by atoms with Gasteiger partial charge < -0.3 is 4.90 Å². The predicted molar refractivity (Wildman–Crippen MR) is 81.1 cm³/mol. The van der Waals surface area contributed by atoms with Crippen molar-refractivity contribution in [3.8, 4) is 0 Å². The Morgan fingerprint density at radius 1 is 1.06 bits per heavy atom. The molecular formula is C13H26Cl2NSi. The van der Waals surface area contributed by atoms with Gasteiger partial charge in [-0.25, -0.2) is 0 Å². The summed E-state index contributed by atoms with van der Waals surface area (Å²) in [6.45, 7) is 0.966. The van der Waals surface area contributed by atoms with Crippen LogP contribution in [0.3, 0.4) is 0 Å². The van der Waals surface area contributed by atoms with E-state index in [4.69, 9.17) is 23.2 Å². The third-order valence-corrected chi connectivity index (χ3v) is 7.52. The van der Waals surface area contributed by atoms with E-state index >= 15 is 0 Å². The normalized spacial score (nSPS) is 21.2. The Kier molecular flexibility index (Phi) is 8.98. The molecule has 1 fully saturated rings. The minimum Gasteiger partial charge on any atom is -0.301 e. The molecular weight excluding hydrogens is 269 g/mol. The molecule has 17 heavy (non-hydrogen) atoms. The SMILES string of the molecule is CN(CCCl)C(CCl)C[Si]1CCCCCCC1. The molecule has 1 heterocycles. The van der Waals surface area contributed by atoms with E-state index in [1.807, 2.05) is 0 Å². The molecule has 1 atom stereocenters. The summed E-state index contributed by atoms with van der Waals surface area (Å²) in [4.78, 5) is 2.36. The van der Waals surface area contributed by atoms with Crippen LogP contribution in [0.5, 0.6) is 0 Å². The maximum atomic E-state index is 6.12. The Morgan fingerprint density at radius 2 is 1.65 bits per heavy atom. The zero-order valence-electron chi connectivity index (χ0n) is 11.1. The molecule has 0 amide bonds. The first-order valence-corrected chi connectivity index (χ1v) is 10.1. The summed E-state index contributed by atoms with van der Waals surface area (Å²) in [6, 6.07) is 4.94. The second-order valence-electron chi connectivity index (χ2n) is 5.20. The highest BCUT2D eigenvalue weighted by molar-refractivity contribution is 6.59. The number of hydrogen-bond acceptors (Lipinski definition) is 1. The maximum Gasteiger partial charge on any atom is 0.0495 e. The van der Waals surface area contributed by atoms with Crippen LogP contribution in [-0.4, -0.2) is 45.1 Å². The minimum absolute atomic E-state index is 0.149. The van der Waals surface area contributed by atoms with Crippen LogP contribution in [0.15, 0.2) is 0 Å². The number of halogens is 2. The van der Waals surface area contributed by atoms with Gasteiger partial charge in [-0.05, 0) is 13.1 Å². The van der Waals surface area contributed by atoms with E-state index in [1.54, 1.807) is 0 Å². The molecule has 0 spiro atoms. The van der Waals surface area contributed by atoms with Gasteiger partial charge in [0, 0.05) is 33.1 Å². The topological polar surface area (TPSA) is 3.24 Å². The molecule has 0 aromatic rings. The average Bonchev–Trinajstić information content (AvgIpc) is 2.28. The van der Waals surface area contributed by atoms with Crippen molar-refractivity contribution in [3.63, 3.8) is 0 Å². The summed E-state index contributed by atoms with van der Waals surface area (Å²) in [7, 11) is 2.02. The Hall–Kier alpha value is 0.757. The summed E-state index contributed by atoms with van der Waals surface area (Å²) in [5.74, 6) is 1.48. The fourth-order valence-corrected chi connectivity index (χ4v) is 6.66. The Balaban J connectivity index is 2.36. The predicted octanol–water partition coefficient (Wildman–Crippen LogP) is 4.22. The van der Waals surface area contributed by atoms with E-state index in [9.17, 15) is 0 Å². The first-order valence-electron chi connectivity index (χ1n) is 6.93. The summed E-state index contributed by atoms with van der Waals surface area (Å²) < 4.78 is 0. The summed E-state index contributed by atoms with van der Waals surface area (Å²) in [5.41, 5.74) is 0. The van der Waals surface area contributed by atoms with Crippen LogP contribution in [-0.2, 0) is 0 Å². The smallest absolute Gasteiger partial charge is 0.0495 e. The Labute approximate surface area is 118 Å². The van der Waals surface area contributed by atoms with E-state index in [2.05, 4.69) is 11.9 Å². The van der Waals surface area contributed by atoms with Gasteiger partial charge in [-0.15, -0.1) is 23.2 Å². The molecule has 101 valence electrons. The second kappa shape index (κ2) is 9.66. The van der Waals surface area contributed by atoms with E-state index in [1.165, 1.54) is 50.2 Å². The lowest BCUT2D eigenvalue weighted by Crippen LogP contribution is -2.38. The molecule has 0 saturated carbocycles. The van der Waals surface area contributed by atoms with Gasteiger partial charge in [0.2, 0.25) is 0 Å². The molecule has 0 aliphatic carbocycles. The van der Waals surface area contributed by atoms with Crippen LogP contribution < -0.4 is 0 Å². The largest absolute Gasteiger partial charge is 0.301 e. The van der Waals surface area contributed by atoms with Gasteiger partial charge in [-0.1, -0.05) is 44.2 Å². The Bertz CT molecular complexity index is 184. The van der Waals surface area contributed by atoms with Crippen molar-refractivity contribution in [2.75, 3.05) is 25.4 Å². The van der Waals surface area contributed by atoms with Crippen molar-refractivity contribution in [3.05, 3.63) is 0 Å². The Morgan fingerprint density at radius 3 is 2.18 bits per heavy atom. The summed E-state index contributed by atoms with van der Waals surface area (Å²) in [5, 5.41) is 0. The molecule has 1 saturated heterocycles. The first kappa shape index (κ1) is 15.8. The number of rotatable bonds is 6. The molecule has 0 N–H and O–H groups in total. The van der Waals surface area contributed by atoms with Crippen molar-refractivity contribution in [1.29, 1.82) is 0 Å². The van der Waals surface area contributed by atoms with Crippen LogP contribution >= 0.6 is 23.2 Å². The first-order chi connectivity index (χ1) is 8.27. The van der Waals surface area contributed by atoms with Gasteiger partial charge in [0.15, 0.2) is 0 Å². The van der Waals surface area contributed by atoms with Crippen molar-refractivity contribution in [1.82, 2.24) is 4.90 Å². The van der Waals surface area contributed by atoms with Crippen molar-refractivity contribution >= 4 is 32.0 Å². The fourth-order valence-electron chi connectivity index (χ4n) is 2.59. The lowest BCUT2D eigenvalue weighted by atomic mass is 10.2. The highest BCUT2D eigenvalue weighted by Crippen LogP contribution is 2.23. The van der Waals surface area contributed by atoms with Crippen LogP contribution in [0.4, 0.5) is 0 Å². The summed E-state index contributed by atoms with van der Waals surface area (Å²) in [6.07, 6.45) is 7.29. The van der Waals surface area contributed by atoms with Gasteiger partial charge >= 0.3 is 0 Å². The van der Waals surface area contributed by atoms with Crippen molar-refractivity contribution < 1.29 is 0 Å². The van der Waals surface area contributed by atoms with E-state index in [-0.39, 0.29) is 8.80 Å². The zero-order chi connectivity index (χ0) is 12.5. The number of nitrogens with zero attached hydrogens (tertiary/aromatic N) is 1. The molecule has 1 aliphatic heterocycles. The van der Waals surface area contributed by atoms with E-state index in [0.29, 0.717) is 11.9 Å². The highest BCUT2D eigenvalue weighted by Gasteiger charge is 2.21. The molecule has 1 aliphatic rings. The summed E-state index contributed by atoms with van der Waals surface area (Å²) >= 11 is 11.9. The quantitative estimate of drug-likeness (QED) is 0.524. The zero-order valence-corrected chi connectivity index (χ0v) is 13.6. The maximum absolute atomic E-state index is 6.12. The molecule has 0 aromatic carbocycles. The van der Waals surface area contributed by atoms with Crippen molar-refractivity contribution in [2.45, 2.75) is 56.3 Å². The van der Waals surface area contributed by atoms with Crippen LogP contribution in [0, 0.1) is 0 Å². The van der Waals surface area contributed by atoms with Crippen LogP contribution in [0.1, 0.15) is 32.1 Å². The van der Waals surface area contributed by atoms with E-state index in [0.717, 1.165) is 12.4 Å². The highest BCUT2D eigenvalue weighted by atomic mass is 35.5. The third kappa shape index (κ3) is 6.47. The number of alkyl halides is 2. The van der Waals surface area contributed by atoms with Gasteiger partial charge in [-0.3, -0.25) is 0 Å². The monoisotopic (exact) mass is 294 g/mol. The lowest BCUT2D eigenvalue weighted by molar-refractivity contribution is 0.291. The molecule has 1 nitrogen and oxygen atoms in total. The third-order valence-electron chi connectivity index (χ3n) is 3.82. The van der Waals surface area contributed by atoms with Gasteiger partial charge in [0.25, 0.3) is 0 Å². The second-order valence-corrected chi connectivity index (χ2v) is 8.79. The molecule has 1 rings (SSSR count). The van der Waals surface area contributed by atoms with Gasteiger partial charge in [0.1, 0.15) is 0 Å². The number of hydrogen-bond donors (Lipinski definition) is 0. The van der Waals surface area contributed by atoms with Crippen LogP contribution in [0.25, 0.3) is 0 Å². The lowest BCUT2D eigenvalue weighted by Gasteiger charge is -2.29. The minimum atomic E-state index is -0.149. The molecule has 0 bridgehead atoms. The average molecular weight is 295 g/mol. The molecule has 1 unspecified atom stereocenters. The standard InChI is InChI=1S/C13H26Cl2NSi/c1-16(8-7-14)13(11-15)12-17-9-5-3-2-4-6-10-17/h13H,2-12H2,1H3. The van der Waals surface area contributed by atoms with Crippen LogP contribution in [0.2, 0.25) is 18.1 Å². The van der Waals surface area contributed by atoms with Crippen molar-refractivity contribution in [2.24, 2.45) is 0 Å². The van der Waals surface area contributed by atoms with Gasteiger partial charge in [0.05, 0.1) is 0 Å². The van der Waals surface area contributed by atoms with E-state index < -0.39 is 0 Å².